The molecule has 0 saturated carbocycles. The van der Waals surface area contributed by atoms with Crippen LogP contribution in [0.1, 0.15) is 25.3 Å². The van der Waals surface area contributed by atoms with Crippen molar-refractivity contribution in [2.75, 3.05) is 45.6 Å². The van der Waals surface area contributed by atoms with Gasteiger partial charge in [-0.1, -0.05) is 24.3 Å². The molecular formula is C31H35N7O3. The van der Waals surface area contributed by atoms with E-state index in [0.29, 0.717) is 35.1 Å². The number of carbonyl (C=O) groups is 1. The average molecular weight is 554 g/mol. The van der Waals surface area contributed by atoms with Gasteiger partial charge in [0.15, 0.2) is 5.65 Å². The first-order valence-corrected chi connectivity index (χ1v) is 14.1. The topological polar surface area (TPSA) is 112 Å². The summed E-state index contributed by atoms with van der Waals surface area (Å²) in [6.45, 7) is 3.56. The monoisotopic (exact) mass is 553 g/mol. The smallest absolute Gasteiger partial charge is 0.246 e. The van der Waals surface area contributed by atoms with Crippen molar-refractivity contribution in [2.45, 2.75) is 31.3 Å². The number of piperidine rings is 1. The minimum atomic E-state index is -0.0225. The zero-order valence-electron chi connectivity index (χ0n) is 23.2. The lowest BCUT2D eigenvalue weighted by atomic mass is 10.1. The standard InChI is InChI=1S/C31H35N7O3/c1-36(24-15-18-40-20-24)16-6-10-27(39)37-17-5-7-23(19-37)38-31-28(30(32)33-21-34-31)29(35-38)22-11-13-26(14-12-22)41-25-8-3-2-4-9-25/h2-4,6,8-14,21,23-24H,5,7,15-20H2,1H3,(H2,32,33,34)/b10-6+. The lowest BCUT2D eigenvalue weighted by Crippen LogP contribution is -2.40. The quantitative estimate of drug-likeness (QED) is 0.322. The highest BCUT2D eigenvalue weighted by Crippen LogP contribution is 2.35. The molecule has 2 aromatic carbocycles. The molecule has 4 heterocycles. The van der Waals surface area contributed by atoms with E-state index in [1.165, 1.54) is 6.33 Å². The van der Waals surface area contributed by atoms with Crippen LogP contribution in [0.15, 0.2) is 73.1 Å². The van der Waals surface area contributed by atoms with Gasteiger partial charge in [-0.25, -0.2) is 14.6 Å². The molecule has 2 aliphatic rings. The Morgan fingerprint density at radius 3 is 2.71 bits per heavy atom. The highest BCUT2D eigenvalue weighted by atomic mass is 16.5. The van der Waals surface area contributed by atoms with Crippen LogP contribution in [0.4, 0.5) is 5.82 Å². The highest BCUT2D eigenvalue weighted by Gasteiger charge is 2.28. The number of hydrogen-bond donors (Lipinski definition) is 1. The Labute approximate surface area is 239 Å². The van der Waals surface area contributed by atoms with E-state index in [4.69, 9.17) is 20.3 Å². The van der Waals surface area contributed by atoms with E-state index in [1.807, 2.05) is 70.3 Å². The van der Waals surface area contributed by atoms with Crippen molar-refractivity contribution < 1.29 is 14.3 Å². The normalized spacial score (nSPS) is 19.4. The number of fused-ring (bicyclic) bond motifs is 1. The zero-order chi connectivity index (χ0) is 28.2. The summed E-state index contributed by atoms with van der Waals surface area (Å²) in [5.41, 5.74) is 8.63. The van der Waals surface area contributed by atoms with E-state index >= 15 is 0 Å². The second-order valence-corrected chi connectivity index (χ2v) is 10.6. The molecule has 2 saturated heterocycles. The predicted molar refractivity (Wildman–Crippen MR) is 158 cm³/mol. The first-order valence-electron chi connectivity index (χ1n) is 14.1. The molecule has 1 amide bonds. The van der Waals surface area contributed by atoms with E-state index in [0.717, 1.165) is 62.6 Å². The molecule has 0 spiro atoms. The van der Waals surface area contributed by atoms with Gasteiger partial charge >= 0.3 is 0 Å². The number of anilines is 1. The van der Waals surface area contributed by atoms with Gasteiger partial charge in [-0.15, -0.1) is 0 Å². The van der Waals surface area contributed by atoms with Gasteiger partial charge in [0.25, 0.3) is 0 Å². The molecule has 6 rings (SSSR count). The highest BCUT2D eigenvalue weighted by molar-refractivity contribution is 5.98. The van der Waals surface area contributed by atoms with Crippen molar-refractivity contribution in [2.24, 2.45) is 0 Å². The van der Waals surface area contributed by atoms with Crippen LogP contribution in [0.3, 0.4) is 0 Å². The Morgan fingerprint density at radius 1 is 1.12 bits per heavy atom. The molecule has 0 radical (unpaired) electrons. The second kappa shape index (κ2) is 12.1. The minimum absolute atomic E-state index is 0.0191. The van der Waals surface area contributed by atoms with Crippen LogP contribution in [-0.4, -0.2) is 81.4 Å². The first-order chi connectivity index (χ1) is 20.1. The largest absolute Gasteiger partial charge is 0.457 e. The number of rotatable bonds is 8. The van der Waals surface area contributed by atoms with Gasteiger partial charge < -0.3 is 20.1 Å². The number of nitrogens with zero attached hydrogens (tertiary/aromatic N) is 6. The maximum atomic E-state index is 13.1. The number of nitrogen functional groups attached to an aromatic ring is 1. The van der Waals surface area contributed by atoms with Crippen molar-refractivity contribution in [3.05, 3.63) is 73.1 Å². The van der Waals surface area contributed by atoms with Crippen LogP contribution in [0.2, 0.25) is 0 Å². The van der Waals surface area contributed by atoms with Crippen molar-refractivity contribution in [3.8, 4) is 22.8 Å². The summed E-state index contributed by atoms with van der Waals surface area (Å²) < 4.78 is 13.4. The molecule has 2 N–H and O–H groups in total. The molecule has 2 aromatic heterocycles. The Morgan fingerprint density at radius 2 is 1.93 bits per heavy atom. The Kier molecular flexibility index (Phi) is 7.93. The average Bonchev–Trinajstić information content (AvgIpc) is 3.68. The lowest BCUT2D eigenvalue weighted by molar-refractivity contribution is -0.127. The van der Waals surface area contributed by atoms with E-state index in [2.05, 4.69) is 21.9 Å². The number of likely N-dealkylation sites (tertiary alicyclic amines) is 1. The third-order valence-corrected chi connectivity index (χ3v) is 7.86. The summed E-state index contributed by atoms with van der Waals surface area (Å²) >= 11 is 0. The number of carbonyl (C=O) groups excluding carboxylic acids is 1. The fraction of sp³-hybridized carbons (Fsp3) is 0.355. The Balaban J connectivity index is 1.20. The second-order valence-electron chi connectivity index (χ2n) is 10.6. The summed E-state index contributed by atoms with van der Waals surface area (Å²) in [5.74, 6) is 1.90. The number of benzene rings is 2. The fourth-order valence-corrected chi connectivity index (χ4v) is 5.56. The minimum Gasteiger partial charge on any atom is -0.457 e. The van der Waals surface area contributed by atoms with Crippen molar-refractivity contribution in [1.29, 1.82) is 0 Å². The van der Waals surface area contributed by atoms with Gasteiger partial charge in [0, 0.05) is 43.9 Å². The number of hydrogen-bond acceptors (Lipinski definition) is 8. The third-order valence-electron chi connectivity index (χ3n) is 7.86. The molecule has 10 heteroatoms. The maximum Gasteiger partial charge on any atom is 0.246 e. The fourth-order valence-electron chi connectivity index (χ4n) is 5.56. The SMILES string of the molecule is CN(C/C=C/C(=O)N1CCCC(n2nc(-c3ccc(Oc4ccccc4)cc3)c3c(N)ncnc32)C1)C1CCOC1. The summed E-state index contributed by atoms with van der Waals surface area (Å²) in [6.07, 6.45) is 7.92. The van der Waals surface area contributed by atoms with E-state index in [-0.39, 0.29) is 11.9 Å². The molecule has 2 aliphatic heterocycles. The molecule has 10 nitrogen and oxygen atoms in total. The molecule has 2 fully saturated rings. The van der Waals surface area contributed by atoms with Crippen LogP contribution < -0.4 is 10.5 Å². The molecule has 41 heavy (non-hydrogen) atoms. The zero-order valence-corrected chi connectivity index (χ0v) is 23.2. The molecule has 212 valence electrons. The summed E-state index contributed by atoms with van der Waals surface area (Å²) in [4.78, 5) is 26.0. The van der Waals surface area contributed by atoms with Crippen LogP contribution >= 0.6 is 0 Å². The van der Waals surface area contributed by atoms with Crippen LogP contribution in [0, 0.1) is 0 Å². The van der Waals surface area contributed by atoms with Crippen LogP contribution in [0.5, 0.6) is 11.5 Å². The maximum absolute atomic E-state index is 13.1. The number of amides is 1. The van der Waals surface area contributed by atoms with Gasteiger partial charge in [0.05, 0.1) is 18.0 Å². The van der Waals surface area contributed by atoms with E-state index in [1.54, 1.807) is 6.08 Å². The molecular weight excluding hydrogens is 518 g/mol. The number of nitrogens with two attached hydrogens (primary N) is 1. The molecule has 4 aromatic rings. The van der Waals surface area contributed by atoms with Crippen molar-refractivity contribution in [1.82, 2.24) is 29.5 Å². The van der Waals surface area contributed by atoms with Gasteiger partial charge in [-0.05, 0) is 62.7 Å². The molecule has 2 unspecified atom stereocenters. The summed E-state index contributed by atoms with van der Waals surface area (Å²) in [7, 11) is 2.07. The van der Waals surface area contributed by atoms with Gasteiger partial charge in [0.1, 0.15) is 29.3 Å². The van der Waals surface area contributed by atoms with Crippen LogP contribution in [-0.2, 0) is 9.53 Å². The first kappa shape index (κ1) is 26.9. The Hall–Kier alpha value is -4.28. The number of ether oxygens (including phenoxy) is 2. The number of aromatic nitrogens is 4. The van der Waals surface area contributed by atoms with Gasteiger partial charge in [-0.2, -0.15) is 5.10 Å². The Bertz CT molecular complexity index is 1510. The number of para-hydroxylation sites is 1. The van der Waals surface area contributed by atoms with Crippen molar-refractivity contribution in [3.63, 3.8) is 0 Å². The summed E-state index contributed by atoms with van der Waals surface area (Å²) in [6, 6.07) is 17.8. The third kappa shape index (κ3) is 5.94. The van der Waals surface area contributed by atoms with E-state index in [9.17, 15) is 4.79 Å². The molecule has 0 aliphatic carbocycles. The lowest BCUT2D eigenvalue weighted by Gasteiger charge is -2.32. The summed E-state index contributed by atoms with van der Waals surface area (Å²) in [5, 5.41) is 5.71. The molecule has 2 atom stereocenters. The van der Waals surface area contributed by atoms with Crippen molar-refractivity contribution >= 4 is 22.8 Å². The van der Waals surface area contributed by atoms with Crippen LogP contribution in [0.25, 0.3) is 22.3 Å². The molecule has 0 bridgehead atoms. The number of likely N-dealkylation sites (N-methyl/N-ethyl adjacent to an activating group) is 1. The van der Waals surface area contributed by atoms with Gasteiger partial charge in [-0.3, -0.25) is 9.69 Å². The van der Waals surface area contributed by atoms with Gasteiger partial charge in [0.2, 0.25) is 5.91 Å². The van der Waals surface area contributed by atoms with E-state index < -0.39 is 0 Å². The predicted octanol–water partition coefficient (Wildman–Crippen LogP) is 4.31.